The van der Waals surface area contributed by atoms with E-state index in [0.29, 0.717) is 28.2 Å². The van der Waals surface area contributed by atoms with Gasteiger partial charge in [0.15, 0.2) is 11.7 Å². The number of carbonyl (C=O) groups is 1. The van der Waals surface area contributed by atoms with Gasteiger partial charge in [-0.25, -0.2) is 4.98 Å². The third-order valence-electron chi connectivity index (χ3n) is 3.51. The number of hydrogen-bond acceptors (Lipinski definition) is 9. The SMILES string of the molecule is CCOc1ccccc1-n1nnnc1SCC(=O)[C@@H](C#N)c1nc(C)cs1. The summed E-state index contributed by atoms with van der Waals surface area (Å²) in [6, 6.07) is 9.43. The van der Waals surface area contributed by atoms with Gasteiger partial charge in [-0.1, -0.05) is 23.9 Å². The predicted octanol–water partition coefficient (Wildman–Crippen LogP) is 2.79. The summed E-state index contributed by atoms with van der Waals surface area (Å²) in [4.78, 5) is 16.8. The highest BCUT2D eigenvalue weighted by atomic mass is 32.2. The maximum atomic E-state index is 12.5. The zero-order valence-corrected chi connectivity index (χ0v) is 16.3. The second-order valence-electron chi connectivity index (χ2n) is 5.42. The van der Waals surface area contributed by atoms with Gasteiger partial charge >= 0.3 is 0 Å². The van der Waals surface area contributed by atoms with E-state index in [1.807, 2.05) is 49.6 Å². The molecule has 0 N–H and O–H groups in total. The van der Waals surface area contributed by atoms with Gasteiger partial charge in [-0.05, 0) is 36.4 Å². The lowest BCUT2D eigenvalue weighted by molar-refractivity contribution is -0.116. The molecule has 0 aliphatic rings. The lowest BCUT2D eigenvalue weighted by atomic mass is 10.1. The number of Topliss-reactive ketones (excluding diaryl/α,β-unsaturated/α-hetero) is 1. The molecule has 0 bridgehead atoms. The first-order valence-electron chi connectivity index (χ1n) is 8.11. The van der Waals surface area contributed by atoms with Crippen LogP contribution in [0.3, 0.4) is 0 Å². The van der Waals surface area contributed by atoms with Gasteiger partial charge < -0.3 is 4.74 Å². The number of aromatic nitrogens is 5. The second-order valence-corrected chi connectivity index (χ2v) is 7.25. The van der Waals surface area contributed by atoms with Crippen molar-refractivity contribution >= 4 is 28.9 Å². The molecule has 2 aromatic heterocycles. The smallest absolute Gasteiger partial charge is 0.214 e. The molecule has 0 fully saturated rings. The molecule has 2 heterocycles. The molecule has 0 unspecified atom stereocenters. The molecule has 0 aliphatic heterocycles. The summed E-state index contributed by atoms with van der Waals surface area (Å²) in [5.41, 5.74) is 1.49. The third-order valence-corrected chi connectivity index (χ3v) is 5.48. The Morgan fingerprint density at radius 2 is 2.26 bits per heavy atom. The third kappa shape index (κ3) is 4.32. The number of nitrogens with zero attached hydrogens (tertiary/aromatic N) is 6. The number of hydrogen-bond donors (Lipinski definition) is 0. The van der Waals surface area contributed by atoms with Crippen LogP contribution in [0.4, 0.5) is 0 Å². The number of nitriles is 1. The summed E-state index contributed by atoms with van der Waals surface area (Å²) in [6.07, 6.45) is 0. The van der Waals surface area contributed by atoms with E-state index < -0.39 is 5.92 Å². The summed E-state index contributed by atoms with van der Waals surface area (Å²) in [6.45, 7) is 4.24. The van der Waals surface area contributed by atoms with Crippen molar-refractivity contribution in [2.75, 3.05) is 12.4 Å². The first-order chi connectivity index (χ1) is 13.1. The molecule has 1 atom stereocenters. The minimum Gasteiger partial charge on any atom is -0.492 e. The Morgan fingerprint density at radius 1 is 1.44 bits per heavy atom. The van der Waals surface area contributed by atoms with Gasteiger partial charge in [-0.3, -0.25) is 4.79 Å². The van der Waals surface area contributed by atoms with E-state index >= 15 is 0 Å². The fourth-order valence-electron chi connectivity index (χ4n) is 2.32. The van der Waals surface area contributed by atoms with E-state index in [1.165, 1.54) is 27.8 Å². The molecule has 27 heavy (non-hydrogen) atoms. The highest BCUT2D eigenvalue weighted by Gasteiger charge is 2.24. The van der Waals surface area contributed by atoms with Crippen molar-refractivity contribution in [3.63, 3.8) is 0 Å². The molecule has 10 heteroatoms. The van der Waals surface area contributed by atoms with Crippen LogP contribution in [0.15, 0.2) is 34.8 Å². The van der Waals surface area contributed by atoms with E-state index in [0.717, 1.165) is 5.69 Å². The molecule has 0 spiro atoms. The number of thioether (sulfide) groups is 1. The van der Waals surface area contributed by atoms with E-state index in [-0.39, 0.29) is 11.5 Å². The summed E-state index contributed by atoms with van der Waals surface area (Å²) < 4.78 is 7.14. The number of rotatable bonds is 8. The molecule has 8 nitrogen and oxygen atoms in total. The summed E-state index contributed by atoms with van der Waals surface area (Å²) >= 11 is 2.49. The molecule has 138 valence electrons. The van der Waals surface area contributed by atoms with E-state index in [1.54, 1.807) is 0 Å². The molecule has 3 aromatic rings. The van der Waals surface area contributed by atoms with Gasteiger partial charge in [0, 0.05) is 11.1 Å². The molecule has 3 rings (SSSR count). The summed E-state index contributed by atoms with van der Waals surface area (Å²) in [7, 11) is 0. The number of carbonyl (C=O) groups excluding carboxylic acids is 1. The summed E-state index contributed by atoms with van der Waals surface area (Å²) in [5, 5.41) is 23.9. The van der Waals surface area contributed by atoms with Gasteiger partial charge in [0.1, 0.15) is 16.4 Å². The monoisotopic (exact) mass is 400 g/mol. The Morgan fingerprint density at radius 3 is 2.96 bits per heavy atom. The number of benzene rings is 1. The molecule has 0 saturated heterocycles. The van der Waals surface area contributed by atoms with E-state index in [4.69, 9.17) is 4.74 Å². The molecule has 0 radical (unpaired) electrons. The highest BCUT2D eigenvalue weighted by Crippen LogP contribution is 2.28. The van der Waals surface area contributed by atoms with Crippen LogP contribution < -0.4 is 4.74 Å². The van der Waals surface area contributed by atoms with Crippen LogP contribution in [0.1, 0.15) is 23.5 Å². The molecule has 0 amide bonds. The lowest BCUT2D eigenvalue weighted by Gasteiger charge is -2.10. The summed E-state index contributed by atoms with van der Waals surface area (Å²) in [5.74, 6) is -0.400. The molecular weight excluding hydrogens is 384 g/mol. The van der Waals surface area contributed by atoms with Crippen LogP contribution in [-0.2, 0) is 4.79 Å². The second kappa shape index (κ2) is 8.75. The van der Waals surface area contributed by atoms with Crippen LogP contribution in [0.5, 0.6) is 5.75 Å². The zero-order chi connectivity index (χ0) is 19.2. The standard InChI is InChI=1S/C17H16N6O2S2/c1-3-25-15-7-5-4-6-13(15)23-17(20-21-22-23)27-10-14(24)12(8-18)16-19-11(2)9-26-16/h4-7,9,12H,3,10H2,1-2H3/t12-/m1/s1. The van der Waals surface area contributed by atoms with Crippen LogP contribution in [-0.4, -0.2) is 43.3 Å². The number of para-hydroxylation sites is 2. The molecule has 1 aromatic carbocycles. The van der Waals surface area contributed by atoms with Gasteiger partial charge in [0.2, 0.25) is 5.16 Å². The van der Waals surface area contributed by atoms with Crippen molar-refractivity contribution < 1.29 is 9.53 Å². The lowest BCUT2D eigenvalue weighted by Crippen LogP contribution is -2.14. The predicted molar refractivity (Wildman–Crippen MR) is 101 cm³/mol. The van der Waals surface area contributed by atoms with Gasteiger partial charge in [-0.2, -0.15) is 9.94 Å². The van der Waals surface area contributed by atoms with Gasteiger partial charge in [0.05, 0.1) is 18.4 Å². The fourth-order valence-corrected chi connectivity index (χ4v) is 3.97. The average molecular weight is 400 g/mol. The number of aryl methyl sites for hydroxylation is 1. The number of tetrazole rings is 1. The largest absolute Gasteiger partial charge is 0.492 e. The maximum Gasteiger partial charge on any atom is 0.214 e. The molecular formula is C17H16N6O2S2. The Labute approximate surface area is 164 Å². The Kier molecular flexibility index (Phi) is 6.16. The highest BCUT2D eigenvalue weighted by molar-refractivity contribution is 7.99. The van der Waals surface area contributed by atoms with Crippen molar-refractivity contribution in [1.29, 1.82) is 5.26 Å². The van der Waals surface area contributed by atoms with Crippen molar-refractivity contribution in [2.45, 2.75) is 24.9 Å². The fraction of sp³-hybridized carbons (Fsp3) is 0.294. The zero-order valence-electron chi connectivity index (χ0n) is 14.7. The Bertz CT molecular complexity index is 978. The Balaban J connectivity index is 1.76. The normalized spacial score (nSPS) is 11.7. The van der Waals surface area contributed by atoms with Crippen LogP contribution >= 0.6 is 23.1 Å². The minimum atomic E-state index is -0.878. The average Bonchev–Trinajstić information content (AvgIpc) is 3.30. The van der Waals surface area contributed by atoms with Crippen molar-refractivity contribution in [2.24, 2.45) is 0 Å². The number of ketones is 1. The van der Waals surface area contributed by atoms with Gasteiger partial charge in [0.25, 0.3) is 0 Å². The van der Waals surface area contributed by atoms with E-state index in [2.05, 4.69) is 20.5 Å². The van der Waals surface area contributed by atoms with Crippen LogP contribution in [0.25, 0.3) is 5.69 Å². The molecule has 0 aliphatic carbocycles. The van der Waals surface area contributed by atoms with Crippen molar-refractivity contribution in [1.82, 2.24) is 25.2 Å². The van der Waals surface area contributed by atoms with Crippen LogP contribution in [0, 0.1) is 18.3 Å². The van der Waals surface area contributed by atoms with Gasteiger partial charge in [-0.15, -0.1) is 16.4 Å². The quantitative estimate of drug-likeness (QED) is 0.531. The molecule has 0 saturated carbocycles. The van der Waals surface area contributed by atoms with E-state index in [9.17, 15) is 10.1 Å². The topological polar surface area (TPSA) is 107 Å². The number of ether oxygens (including phenoxy) is 1. The maximum absolute atomic E-state index is 12.5. The minimum absolute atomic E-state index is 0.0635. The van der Waals surface area contributed by atoms with Crippen LogP contribution in [0.2, 0.25) is 0 Å². The number of thiazole rings is 1. The first kappa shape index (κ1) is 19.0. The van der Waals surface area contributed by atoms with Crippen molar-refractivity contribution in [3.05, 3.63) is 40.3 Å². The first-order valence-corrected chi connectivity index (χ1v) is 9.98. The Hall–Kier alpha value is -2.77. The van der Waals surface area contributed by atoms with Crippen molar-refractivity contribution in [3.8, 4) is 17.5 Å².